The van der Waals surface area contributed by atoms with Crippen LogP contribution in [0.2, 0.25) is 0 Å². The lowest BCUT2D eigenvalue weighted by Crippen LogP contribution is -2.17. The van der Waals surface area contributed by atoms with Crippen LogP contribution in [0.15, 0.2) is 24.3 Å². The predicted molar refractivity (Wildman–Crippen MR) is 70.6 cm³/mol. The molecule has 0 radical (unpaired) electrons. The van der Waals surface area contributed by atoms with Crippen molar-refractivity contribution in [1.29, 1.82) is 0 Å². The van der Waals surface area contributed by atoms with Gasteiger partial charge in [-0.15, -0.1) is 0 Å². The average molecular weight is 237 g/mol. The maximum Gasteiger partial charge on any atom is 0.161 e. The molecule has 0 aliphatic heterocycles. The highest BCUT2D eigenvalue weighted by Gasteiger charge is 2.07. The van der Waals surface area contributed by atoms with Gasteiger partial charge in [-0.1, -0.05) is 25.5 Å². The molecular formula is C14H23NO2. The molecule has 0 amide bonds. The van der Waals surface area contributed by atoms with Crippen LogP contribution in [0.5, 0.6) is 11.5 Å². The largest absolute Gasteiger partial charge is 0.493 e. The Balaban J connectivity index is 2.39. The van der Waals surface area contributed by atoms with Gasteiger partial charge in [0.05, 0.1) is 13.7 Å². The van der Waals surface area contributed by atoms with Crippen LogP contribution in [0.3, 0.4) is 0 Å². The van der Waals surface area contributed by atoms with Gasteiger partial charge >= 0.3 is 0 Å². The van der Waals surface area contributed by atoms with Crippen LogP contribution < -0.4 is 15.2 Å². The van der Waals surface area contributed by atoms with Gasteiger partial charge in [-0.25, -0.2) is 0 Å². The third kappa shape index (κ3) is 4.65. The van der Waals surface area contributed by atoms with E-state index in [-0.39, 0.29) is 0 Å². The fourth-order valence-corrected chi connectivity index (χ4v) is 1.86. The standard InChI is InChI=1S/C14H23NO2/c1-3-6-12(11-15)9-10-17-14-8-5-4-7-13(14)16-2/h4-5,7-8,12H,3,6,9-11,15H2,1-2H3. The molecule has 1 aromatic carbocycles. The first-order chi connectivity index (χ1) is 8.31. The van der Waals surface area contributed by atoms with Crippen molar-refractivity contribution in [2.24, 2.45) is 11.7 Å². The molecule has 17 heavy (non-hydrogen) atoms. The van der Waals surface area contributed by atoms with Gasteiger partial charge in [-0.3, -0.25) is 0 Å². The van der Waals surface area contributed by atoms with Crippen molar-refractivity contribution in [3.05, 3.63) is 24.3 Å². The first kappa shape index (κ1) is 13.8. The number of para-hydroxylation sites is 2. The lowest BCUT2D eigenvalue weighted by atomic mass is 10.0. The molecule has 0 bridgehead atoms. The van der Waals surface area contributed by atoms with Crippen LogP contribution in [-0.2, 0) is 0 Å². The molecule has 3 nitrogen and oxygen atoms in total. The molecule has 1 aromatic rings. The third-order valence-electron chi connectivity index (χ3n) is 2.88. The van der Waals surface area contributed by atoms with E-state index >= 15 is 0 Å². The van der Waals surface area contributed by atoms with E-state index in [2.05, 4.69) is 6.92 Å². The van der Waals surface area contributed by atoms with Gasteiger partial charge in [-0.2, -0.15) is 0 Å². The van der Waals surface area contributed by atoms with E-state index in [0.29, 0.717) is 12.5 Å². The van der Waals surface area contributed by atoms with E-state index in [1.807, 2.05) is 24.3 Å². The molecule has 0 fully saturated rings. The second kappa shape index (κ2) is 7.96. The molecule has 0 aliphatic carbocycles. The fourth-order valence-electron chi connectivity index (χ4n) is 1.86. The second-order valence-electron chi connectivity index (χ2n) is 4.18. The van der Waals surface area contributed by atoms with Crippen molar-refractivity contribution in [3.8, 4) is 11.5 Å². The summed E-state index contributed by atoms with van der Waals surface area (Å²) in [4.78, 5) is 0. The van der Waals surface area contributed by atoms with Gasteiger partial charge in [0.1, 0.15) is 0 Å². The molecule has 0 aliphatic rings. The highest BCUT2D eigenvalue weighted by molar-refractivity contribution is 5.39. The molecule has 0 aromatic heterocycles. The summed E-state index contributed by atoms with van der Waals surface area (Å²) in [6.45, 7) is 3.62. The molecule has 0 heterocycles. The molecule has 2 N–H and O–H groups in total. The summed E-state index contributed by atoms with van der Waals surface area (Å²) in [5, 5.41) is 0. The van der Waals surface area contributed by atoms with Gasteiger partial charge in [0.25, 0.3) is 0 Å². The molecule has 0 saturated heterocycles. The first-order valence-electron chi connectivity index (χ1n) is 6.27. The minimum atomic E-state index is 0.565. The minimum Gasteiger partial charge on any atom is -0.493 e. The Hall–Kier alpha value is -1.22. The molecular weight excluding hydrogens is 214 g/mol. The van der Waals surface area contributed by atoms with Crippen LogP contribution >= 0.6 is 0 Å². The van der Waals surface area contributed by atoms with E-state index in [1.165, 1.54) is 12.8 Å². The smallest absolute Gasteiger partial charge is 0.161 e. The van der Waals surface area contributed by atoms with Crippen molar-refractivity contribution in [2.45, 2.75) is 26.2 Å². The summed E-state index contributed by atoms with van der Waals surface area (Å²) in [7, 11) is 1.65. The van der Waals surface area contributed by atoms with Crippen molar-refractivity contribution >= 4 is 0 Å². The Morgan fingerprint density at radius 1 is 1.18 bits per heavy atom. The maximum absolute atomic E-state index is 5.73. The molecule has 96 valence electrons. The van der Waals surface area contributed by atoms with Gasteiger partial charge < -0.3 is 15.2 Å². The van der Waals surface area contributed by atoms with E-state index in [1.54, 1.807) is 7.11 Å². The lowest BCUT2D eigenvalue weighted by Gasteiger charge is -2.15. The predicted octanol–water partition coefficient (Wildman–Crippen LogP) is 2.84. The van der Waals surface area contributed by atoms with Crippen molar-refractivity contribution in [2.75, 3.05) is 20.3 Å². The molecule has 1 rings (SSSR count). The Morgan fingerprint density at radius 3 is 2.47 bits per heavy atom. The number of rotatable bonds is 8. The van der Waals surface area contributed by atoms with Crippen LogP contribution in [0.25, 0.3) is 0 Å². The second-order valence-corrected chi connectivity index (χ2v) is 4.18. The Labute approximate surface area is 104 Å². The Morgan fingerprint density at radius 2 is 1.88 bits per heavy atom. The van der Waals surface area contributed by atoms with Gasteiger partial charge in [0, 0.05) is 0 Å². The highest BCUT2D eigenvalue weighted by atomic mass is 16.5. The lowest BCUT2D eigenvalue weighted by molar-refractivity contribution is 0.260. The zero-order valence-electron chi connectivity index (χ0n) is 10.8. The van der Waals surface area contributed by atoms with Crippen molar-refractivity contribution in [1.82, 2.24) is 0 Å². The summed E-state index contributed by atoms with van der Waals surface area (Å²) in [6.07, 6.45) is 3.35. The molecule has 0 saturated carbocycles. The van der Waals surface area contributed by atoms with E-state index in [9.17, 15) is 0 Å². The number of ether oxygens (including phenoxy) is 2. The zero-order chi connectivity index (χ0) is 12.5. The summed E-state index contributed by atoms with van der Waals surface area (Å²) in [6, 6.07) is 7.72. The van der Waals surface area contributed by atoms with E-state index in [0.717, 1.165) is 24.5 Å². The molecule has 0 spiro atoms. The third-order valence-corrected chi connectivity index (χ3v) is 2.88. The van der Waals surface area contributed by atoms with E-state index in [4.69, 9.17) is 15.2 Å². The highest BCUT2D eigenvalue weighted by Crippen LogP contribution is 2.26. The van der Waals surface area contributed by atoms with Gasteiger partial charge in [-0.05, 0) is 37.4 Å². The van der Waals surface area contributed by atoms with Crippen molar-refractivity contribution in [3.63, 3.8) is 0 Å². The maximum atomic E-state index is 5.73. The Kier molecular flexibility index (Phi) is 6.48. The number of hydrogen-bond acceptors (Lipinski definition) is 3. The van der Waals surface area contributed by atoms with Crippen LogP contribution in [0, 0.1) is 5.92 Å². The SMILES string of the molecule is CCCC(CN)CCOc1ccccc1OC. The van der Waals surface area contributed by atoms with Crippen LogP contribution in [0.1, 0.15) is 26.2 Å². The first-order valence-corrected chi connectivity index (χ1v) is 6.27. The molecule has 1 atom stereocenters. The topological polar surface area (TPSA) is 44.5 Å². The number of hydrogen-bond donors (Lipinski definition) is 1. The summed E-state index contributed by atoms with van der Waals surface area (Å²) < 4.78 is 11.0. The molecule has 1 unspecified atom stereocenters. The van der Waals surface area contributed by atoms with Gasteiger partial charge in [0.2, 0.25) is 0 Å². The van der Waals surface area contributed by atoms with Gasteiger partial charge in [0.15, 0.2) is 11.5 Å². The van der Waals surface area contributed by atoms with Crippen LogP contribution in [-0.4, -0.2) is 20.3 Å². The number of methoxy groups -OCH3 is 1. The monoisotopic (exact) mass is 237 g/mol. The zero-order valence-corrected chi connectivity index (χ0v) is 10.8. The normalized spacial score (nSPS) is 12.2. The van der Waals surface area contributed by atoms with Crippen molar-refractivity contribution < 1.29 is 9.47 Å². The quantitative estimate of drug-likeness (QED) is 0.756. The van der Waals surface area contributed by atoms with Crippen LogP contribution in [0.4, 0.5) is 0 Å². The summed E-state index contributed by atoms with van der Waals surface area (Å²) in [5.41, 5.74) is 5.71. The average Bonchev–Trinajstić information content (AvgIpc) is 2.38. The minimum absolute atomic E-state index is 0.565. The fraction of sp³-hybridized carbons (Fsp3) is 0.571. The Bertz CT molecular complexity index is 315. The number of benzene rings is 1. The summed E-state index contributed by atoms with van der Waals surface area (Å²) >= 11 is 0. The molecule has 3 heteroatoms. The number of nitrogens with two attached hydrogens (primary N) is 1. The summed E-state index contributed by atoms with van der Waals surface area (Å²) in [5.74, 6) is 2.16. The van der Waals surface area contributed by atoms with E-state index < -0.39 is 0 Å².